The zero-order chi connectivity index (χ0) is 14.3. The number of rotatable bonds is 8. The lowest BCUT2D eigenvalue weighted by Crippen LogP contribution is -2.33. The van der Waals surface area contributed by atoms with Crippen LogP contribution in [-0.4, -0.2) is 41.8 Å². The van der Waals surface area contributed by atoms with Crippen molar-refractivity contribution in [2.24, 2.45) is 7.05 Å². The number of nitrogens with one attached hydrogen (secondary N) is 1. The van der Waals surface area contributed by atoms with Crippen molar-refractivity contribution in [2.75, 3.05) is 19.8 Å². The van der Waals surface area contributed by atoms with Gasteiger partial charge in [-0.25, -0.2) is 0 Å². The number of halogens is 3. The van der Waals surface area contributed by atoms with Gasteiger partial charge in [-0.05, 0) is 19.0 Å². The lowest BCUT2D eigenvalue weighted by Gasteiger charge is -2.17. The Kier molecular flexibility index (Phi) is 6.30. The quantitative estimate of drug-likeness (QED) is 0.739. The van der Waals surface area contributed by atoms with Crippen LogP contribution in [0, 0.1) is 0 Å². The number of hydrogen-bond donors (Lipinski definition) is 1. The third kappa shape index (κ3) is 7.17. The predicted molar refractivity (Wildman–Crippen MR) is 65.9 cm³/mol. The van der Waals surface area contributed by atoms with Gasteiger partial charge in [-0.1, -0.05) is 6.92 Å². The van der Waals surface area contributed by atoms with Crippen molar-refractivity contribution in [3.8, 4) is 0 Å². The molecule has 1 N–H and O–H groups in total. The Morgan fingerprint density at radius 1 is 1.47 bits per heavy atom. The standard InChI is InChI=1S/C12H20F3N3O/c1-3-16-10(5-7-19-9-12(13,14)15)8-11-4-6-18(2)17-11/h4,6,10,16H,3,5,7-9H2,1-2H3. The molecule has 19 heavy (non-hydrogen) atoms. The molecule has 1 heterocycles. The molecule has 1 aromatic rings. The third-order valence-corrected chi connectivity index (χ3v) is 2.59. The monoisotopic (exact) mass is 279 g/mol. The summed E-state index contributed by atoms with van der Waals surface area (Å²) in [5, 5.41) is 7.48. The van der Waals surface area contributed by atoms with E-state index >= 15 is 0 Å². The molecule has 0 saturated carbocycles. The Hall–Kier alpha value is -1.08. The second-order valence-electron chi connectivity index (χ2n) is 4.40. The van der Waals surface area contributed by atoms with Gasteiger partial charge >= 0.3 is 6.18 Å². The van der Waals surface area contributed by atoms with Crippen molar-refractivity contribution in [3.63, 3.8) is 0 Å². The van der Waals surface area contributed by atoms with Crippen LogP contribution in [0.3, 0.4) is 0 Å². The van der Waals surface area contributed by atoms with Gasteiger partial charge in [-0.2, -0.15) is 18.3 Å². The van der Waals surface area contributed by atoms with Crippen LogP contribution in [0.1, 0.15) is 19.0 Å². The second-order valence-corrected chi connectivity index (χ2v) is 4.40. The van der Waals surface area contributed by atoms with E-state index < -0.39 is 12.8 Å². The maximum absolute atomic E-state index is 11.9. The molecule has 0 aliphatic rings. The molecule has 7 heteroatoms. The molecule has 0 radical (unpaired) electrons. The van der Waals surface area contributed by atoms with Crippen molar-refractivity contribution in [2.45, 2.75) is 32.0 Å². The van der Waals surface area contributed by atoms with Crippen molar-refractivity contribution in [1.29, 1.82) is 0 Å². The van der Waals surface area contributed by atoms with Gasteiger partial charge in [0.1, 0.15) is 6.61 Å². The first-order chi connectivity index (χ1) is 8.90. The molecule has 4 nitrogen and oxygen atoms in total. The molecule has 0 fully saturated rings. The van der Waals surface area contributed by atoms with Crippen LogP contribution in [0.4, 0.5) is 13.2 Å². The summed E-state index contributed by atoms with van der Waals surface area (Å²) >= 11 is 0. The number of alkyl halides is 3. The van der Waals surface area contributed by atoms with E-state index in [0.29, 0.717) is 12.8 Å². The molecular formula is C12H20F3N3O. The van der Waals surface area contributed by atoms with E-state index in [4.69, 9.17) is 0 Å². The fourth-order valence-electron chi connectivity index (χ4n) is 1.80. The van der Waals surface area contributed by atoms with Gasteiger partial charge in [0, 0.05) is 32.3 Å². The van der Waals surface area contributed by atoms with E-state index in [2.05, 4.69) is 15.2 Å². The van der Waals surface area contributed by atoms with Gasteiger partial charge in [-0.3, -0.25) is 4.68 Å². The maximum Gasteiger partial charge on any atom is 0.411 e. The number of likely N-dealkylation sites (N-methyl/N-ethyl adjacent to an activating group) is 1. The van der Waals surface area contributed by atoms with Crippen molar-refractivity contribution >= 4 is 0 Å². The molecule has 110 valence electrons. The fourth-order valence-corrected chi connectivity index (χ4v) is 1.80. The zero-order valence-corrected chi connectivity index (χ0v) is 11.2. The lowest BCUT2D eigenvalue weighted by molar-refractivity contribution is -0.174. The van der Waals surface area contributed by atoms with E-state index in [0.717, 1.165) is 12.2 Å². The predicted octanol–water partition coefficient (Wildman–Crippen LogP) is 1.91. The normalized spacial score (nSPS) is 13.7. The Bertz CT molecular complexity index is 365. The van der Waals surface area contributed by atoms with Crippen LogP contribution in [-0.2, 0) is 18.2 Å². The molecule has 0 spiro atoms. The highest BCUT2D eigenvalue weighted by molar-refractivity contribution is 5.01. The number of ether oxygens (including phenoxy) is 1. The first-order valence-corrected chi connectivity index (χ1v) is 6.27. The topological polar surface area (TPSA) is 39.1 Å². The smallest absolute Gasteiger partial charge is 0.372 e. The summed E-state index contributed by atoms with van der Waals surface area (Å²) in [7, 11) is 1.83. The highest BCUT2D eigenvalue weighted by Gasteiger charge is 2.27. The maximum atomic E-state index is 11.9. The minimum Gasteiger partial charge on any atom is -0.372 e. The van der Waals surface area contributed by atoms with Crippen LogP contribution in [0.2, 0.25) is 0 Å². The Morgan fingerprint density at radius 2 is 2.21 bits per heavy atom. The molecule has 1 unspecified atom stereocenters. The minimum atomic E-state index is -4.26. The Balaban J connectivity index is 2.32. The summed E-state index contributed by atoms with van der Waals surface area (Å²) in [6, 6.07) is 1.98. The average molecular weight is 279 g/mol. The van der Waals surface area contributed by atoms with Gasteiger partial charge in [-0.15, -0.1) is 0 Å². The summed E-state index contributed by atoms with van der Waals surface area (Å²) in [5.74, 6) is 0. The molecule has 1 atom stereocenters. The molecule has 0 saturated heterocycles. The third-order valence-electron chi connectivity index (χ3n) is 2.59. The fraction of sp³-hybridized carbons (Fsp3) is 0.750. The summed E-state index contributed by atoms with van der Waals surface area (Å²) in [6.07, 6.45) is -1.20. The van der Waals surface area contributed by atoms with Gasteiger partial charge < -0.3 is 10.1 Å². The van der Waals surface area contributed by atoms with Crippen molar-refractivity contribution in [1.82, 2.24) is 15.1 Å². The first-order valence-electron chi connectivity index (χ1n) is 6.27. The lowest BCUT2D eigenvalue weighted by atomic mass is 10.1. The van der Waals surface area contributed by atoms with Gasteiger partial charge in [0.15, 0.2) is 0 Å². The number of aromatic nitrogens is 2. The van der Waals surface area contributed by atoms with Crippen LogP contribution in [0.5, 0.6) is 0 Å². The van der Waals surface area contributed by atoms with E-state index in [1.165, 1.54) is 0 Å². The molecule has 1 aromatic heterocycles. The largest absolute Gasteiger partial charge is 0.411 e. The highest BCUT2D eigenvalue weighted by Crippen LogP contribution is 2.14. The highest BCUT2D eigenvalue weighted by atomic mass is 19.4. The van der Waals surface area contributed by atoms with E-state index in [-0.39, 0.29) is 12.6 Å². The molecule has 0 aliphatic heterocycles. The second kappa shape index (κ2) is 7.49. The Morgan fingerprint density at radius 3 is 2.74 bits per heavy atom. The molecule has 0 aromatic carbocycles. The van der Waals surface area contributed by atoms with Crippen molar-refractivity contribution < 1.29 is 17.9 Å². The van der Waals surface area contributed by atoms with E-state index in [9.17, 15) is 13.2 Å². The van der Waals surface area contributed by atoms with E-state index in [1.54, 1.807) is 4.68 Å². The number of nitrogens with zero attached hydrogens (tertiary/aromatic N) is 2. The van der Waals surface area contributed by atoms with Gasteiger partial charge in [0.25, 0.3) is 0 Å². The number of hydrogen-bond acceptors (Lipinski definition) is 3. The van der Waals surface area contributed by atoms with Crippen molar-refractivity contribution in [3.05, 3.63) is 18.0 Å². The van der Waals surface area contributed by atoms with Crippen LogP contribution >= 0.6 is 0 Å². The molecule has 1 rings (SSSR count). The SMILES string of the molecule is CCNC(CCOCC(F)(F)F)Cc1ccn(C)n1. The first kappa shape index (κ1) is 16.0. The molecular weight excluding hydrogens is 259 g/mol. The van der Waals surface area contributed by atoms with E-state index in [1.807, 2.05) is 26.2 Å². The summed E-state index contributed by atoms with van der Waals surface area (Å²) in [5.41, 5.74) is 0.921. The van der Waals surface area contributed by atoms with Gasteiger partial charge in [0.2, 0.25) is 0 Å². The molecule has 0 aliphatic carbocycles. The van der Waals surface area contributed by atoms with Crippen LogP contribution in [0.25, 0.3) is 0 Å². The minimum absolute atomic E-state index is 0.0770. The van der Waals surface area contributed by atoms with Gasteiger partial charge in [0.05, 0.1) is 5.69 Å². The van der Waals surface area contributed by atoms with Crippen LogP contribution in [0.15, 0.2) is 12.3 Å². The summed E-state index contributed by atoms with van der Waals surface area (Å²) < 4.78 is 42.1. The Labute approximate surface area is 110 Å². The molecule has 0 bridgehead atoms. The summed E-state index contributed by atoms with van der Waals surface area (Å²) in [4.78, 5) is 0. The zero-order valence-electron chi connectivity index (χ0n) is 11.2. The van der Waals surface area contributed by atoms with Crippen LogP contribution < -0.4 is 5.32 Å². The molecule has 0 amide bonds. The number of aryl methyl sites for hydroxylation is 1. The summed E-state index contributed by atoms with van der Waals surface area (Å²) in [6.45, 7) is 1.62. The average Bonchev–Trinajstić information content (AvgIpc) is 2.69.